The van der Waals surface area contributed by atoms with E-state index in [0.29, 0.717) is 18.8 Å². The Morgan fingerprint density at radius 1 is 1.50 bits per heavy atom. The van der Waals surface area contributed by atoms with Gasteiger partial charge in [0.05, 0.1) is 6.61 Å². The Hall–Kier alpha value is -1.43. The van der Waals surface area contributed by atoms with Gasteiger partial charge in [0.15, 0.2) is 0 Å². The van der Waals surface area contributed by atoms with Gasteiger partial charge < -0.3 is 10.1 Å². The number of hydrogen-bond acceptors (Lipinski definition) is 2. The van der Waals surface area contributed by atoms with E-state index < -0.39 is 12.5 Å². The standard InChI is InChI=1S/C14H20F2N2O2/c1-10-4-5-11(18(10)13(15)16)12(19)17-8-14(9-20-2)6-3-7-14/h4-5,13H,3,6-9H2,1-2H3,(H,17,19). The van der Waals surface area contributed by atoms with Gasteiger partial charge in [-0.3, -0.25) is 9.36 Å². The van der Waals surface area contributed by atoms with Crippen LogP contribution in [-0.4, -0.2) is 30.7 Å². The number of nitrogens with zero attached hydrogens (tertiary/aromatic N) is 1. The highest BCUT2D eigenvalue weighted by molar-refractivity contribution is 5.93. The molecule has 1 N–H and O–H groups in total. The van der Waals surface area contributed by atoms with Crippen LogP contribution in [0.5, 0.6) is 0 Å². The number of amides is 1. The Kier molecular flexibility index (Phi) is 4.42. The largest absolute Gasteiger partial charge is 0.384 e. The fraction of sp³-hybridized carbons (Fsp3) is 0.643. The second-order valence-corrected chi connectivity index (χ2v) is 5.48. The molecule has 1 amide bonds. The summed E-state index contributed by atoms with van der Waals surface area (Å²) >= 11 is 0. The van der Waals surface area contributed by atoms with Gasteiger partial charge in [-0.2, -0.15) is 8.78 Å². The summed E-state index contributed by atoms with van der Waals surface area (Å²) in [5.74, 6) is -0.458. The first-order valence-corrected chi connectivity index (χ1v) is 6.72. The number of aryl methyl sites for hydroxylation is 1. The summed E-state index contributed by atoms with van der Waals surface area (Å²) < 4.78 is 31.8. The molecule has 0 aromatic carbocycles. The van der Waals surface area contributed by atoms with E-state index in [1.807, 2.05) is 0 Å². The second kappa shape index (κ2) is 5.91. The van der Waals surface area contributed by atoms with Crippen LogP contribution in [-0.2, 0) is 4.74 Å². The maximum Gasteiger partial charge on any atom is 0.319 e. The first-order valence-electron chi connectivity index (χ1n) is 6.72. The van der Waals surface area contributed by atoms with Crippen molar-refractivity contribution < 1.29 is 18.3 Å². The minimum absolute atomic E-state index is 0.00407. The van der Waals surface area contributed by atoms with Crippen LogP contribution in [0.2, 0.25) is 0 Å². The number of aromatic nitrogens is 1. The average molecular weight is 286 g/mol. The van der Waals surface area contributed by atoms with Crippen molar-refractivity contribution in [3.8, 4) is 0 Å². The Labute approximate surface area is 117 Å². The van der Waals surface area contributed by atoms with E-state index in [4.69, 9.17) is 4.74 Å². The number of ether oxygens (including phenoxy) is 1. The molecule has 1 aromatic heterocycles. The third-order valence-electron chi connectivity index (χ3n) is 4.04. The molecular formula is C14H20F2N2O2. The molecule has 0 spiro atoms. The number of carbonyl (C=O) groups excluding carboxylic acids is 1. The zero-order valence-electron chi connectivity index (χ0n) is 11.8. The van der Waals surface area contributed by atoms with Gasteiger partial charge in [0.2, 0.25) is 0 Å². The Balaban J connectivity index is 2.02. The van der Waals surface area contributed by atoms with Crippen LogP contribution in [0, 0.1) is 12.3 Å². The first-order chi connectivity index (χ1) is 9.49. The maximum absolute atomic E-state index is 12.9. The summed E-state index contributed by atoms with van der Waals surface area (Å²) in [5.41, 5.74) is 0.353. The summed E-state index contributed by atoms with van der Waals surface area (Å²) in [4.78, 5) is 12.1. The number of rotatable bonds is 6. The van der Waals surface area contributed by atoms with Crippen LogP contribution < -0.4 is 5.32 Å². The van der Waals surface area contributed by atoms with Crippen molar-refractivity contribution in [1.29, 1.82) is 0 Å². The van der Waals surface area contributed by atoms with Crippen LogP contribution in [0.15, 0.2) is 12.1 Å². The molecule has 0 saturated heterocycles. The summed E-state index contributed by atoms with van der Waals surface area (Å²) in [5, 5.41) is 2.76. The smallest absolute Gasteiger partial charge is 0.319 e. The summed E-state index contributed by atoms with van der Waals surface area (Å²) in [6, 6.07) is 2.95. The molecule has 1 aliphatic carbocycles. The molecular weight excluding hydrogens is 266 g/mol. The number of nitrogens with one attached hydrogen (secondary N) is 1. The van der Waals surface area contributed by atoms with E-state index >= 15 is 0 Å². The predicted octanol–water partition coefficient (Wildman–Crippen LogP) is 2.74. The van der Waals surface area contributed by atoms with Gasteiger partial charge >= 0.3 is 6.55 Å². The highest BCUT2D eigenvalue weighted by Gasteiger charge is 2.37. The van der Waals surface area contributed by atoms with Gasteiger partial charge in [-0.25, -0.2) is 0 Å². The van der Waals surface area contributed by atoms with Gasteiger partial charge in [0.25, 0.3) is 5.91 Å². The number of hydrogen-bond donors (Lipinski definition) is 1. The maximum atomic E-state index is 12.9. The minimum atomic E-state index is -2.71. The number of halogens is 2. The van der Waals surface area contributed by atoms with Crippen LogP contribution in [0.1, 0.15) is 42.0 Å². The van der Waals surface area contributed by atoms with E-state index in [1.165, 1.54) is 12.1 Å². The fourth-order valence-corrected chi connectivity index (χ4v) is 2.71. The molecule has 0 unspecified atom stereocenters. The molecule has 1 saturated carbocycles. The second-order valence-electron chi connectivity index (χ2n) is 5.48. The molecule has 1 aliphatic rings. The zero-order valence-corrected chi connectivity index (χ0v) is 11.8. The molecule has 4 nitrogen and oxygen atoms in total. The third-order valence-corrected chi connectivity index (χ3v) is 4.04. The molecule has 0 aliphatic heterocycles. The molecule has 0 radical (unpaired) electrons. The van der Waals surface area contributed by atoms with E-state index in [-0.39, 0.29) is 11.1 Å². The first kappa shape index (κ1) is 15.0. The lowest BCUT2D eigenvalue weighted by Gasteiger charge is -2.41. The molecule has 6 heteroatoms. The van der Waals surface area contributed by atoms with Crippen molar-refractivity contribution in [1.82, 2.24) is 9.88 Å². The van der Waals surface area contributed by atoms with Crippen molar-refractivity contribution in [2.24, 2.45) is 5.41 Å². The van der Waals surface area contributed by atoms with Crippen molar-refractivity contribution in [2.45, 2.75) is 32.7 Å². The topological polar surface area (TPSA) is 43.3 Å². The molecule has 0 bridgehead atoms. The Morgan fingerprint density at radius 2 is 2.20 bits per heavy atom. The number of methoxy groups -OCH3 is 1. The molecule has 2 rings (SSSR count). The summed E-state index contributed by atoms with van der Waals surface area (Å²) in [7, 11) is 1.63. The highest BCUT2D eigenvalue weighted by Crippen LogP contribution is 2.40. The Morgan fingerprint density at radius 3 is 2.70 bits per heavy atom. The van der Waals surface area contributed by atoms with Crippen molar-refractivity contribution >= 4 is 5.91 Å². The molecule has 1 aromatic rings. The van der Waals surface area contributed by atoms with E-state index in [0.717, 1.165) is 23.8 Å². The van der Waals surface area contributed by atoms with Gasteiger partial charge in [-0.05, 0) is 31.9 Å². The molecule has 20 heavy (non-hydrogen) atoms. The van der Waals surface area contributed by atoms with Gasteiger partial charge in [0.1, 0.15) is 5.69 Å². The van der Waals surface area contributed by atoms with Crippen LogP contribution in [0.4, 0.5) is 8.78 Å². The fourth-order valence-electron chi connectivity index (χ4n) is 2.71. The van der Waals surface area contributed by atoms with Gasteiger partial charge in [-0.1, -0.05) is 6.42 Å². The molecule has 0 atom stereocenters. The zero-order chi connectivity index (χ0) is 14.8. The van der Waals surface area contributed by atoms with Crippen LogP contribution >= 0.6 is 0 Å². The van der Waals surface area contributed by atoms with Gasteiger partial charge in [-0.15, -0.1) is 0 Å². The normalized spacial score (nSPS) is 17.1. The summed E-state index contributed by atoms with van der Waals surface area (Å²) in [6.07, 6.45) is 3.11. The van der Waals surface area contributed by atoms with Crippen LogP contribution in [0.25, 0.3) is 0 Å². The summed E-state index contributed by atoms with van der Waals surface area (Å²) in [6.45, 7) is -0.0984. The van der Waals surface area contributed by atoms with Crippen molar-refractivity contribution in [2.75, 3.05) is 20.3 Å². The predicted molar refractivity (Wildman–Crippen MR) is 70.9 cm³/mol. The molecule has 1 fully saturated rings. The lowest BCUT2D eigenvalue weighted by atomic mass is 9.69. The molecule has 112 valence electrons. The quantitative estimate of drug-likeness (QED) is 0.874. The van der Waals surface area contributed by atoms with E-state index in [9.17, 15) is 13.6 Å². The lowest BCUT2D eigenvalue weighted by molar-refractivity contribution is 0.0174. The van der Waals surface area contributed by atoms with Crippen molar-refractivity contribution in [3.63, 3.8) is 0 Å². The Bertz CT molecular complexity index is 482. The van der Waals surface area contributed by atoms with Gasteiger partial charge in [0, 0.05) is 24.8 Å². The monoisotopic (exact) mass is 286 g/mol. The van der Waals surface area contributed by atoms with Crippen molar-refractivity contribution in [3.05, 3.63) is 23.5 Å². The minimum Gasteiger partial charge on any atom is -0.384 e. The third kappa shape index (κ3) is 2.85. The lowest BCUT2D eigenvalue weighted by Crippen LogP contribution is -2.45. The highest BCUT2D eigenvalue weighted by atomic mass is 19.3. The number of carbonyl (C=O) groups is 1. The molecule has 1 heterocycles. The van der Waals surface area contributed by atoms with E-state index in [1.54, 1.807) is 14.0 Å². The number of alkyl halides is 2. The SMILES string of the molecule is COCC1(CNC(=O)c2ccc(C)n2C(F)F)CCC1. The average Bonchev–Trinajstić information content (AvgIpc) is 2.74. The van der Waals surface area contributed by atoms with Crippen LogP contribution in [0.3, 0.4) is 0 Å². The van der Waals surface area contributed by atoms with E-state index in [2.05, 4.69) is 5.32 Å².